The van der Waals surface area contributed by atoms with Gasteiger partial charge in [-0.15, -0.1) is 0 Å². The topological polar surface area (TPSA) is 55.4 Å². The quantitative estimate of drug-likeness (QED) is 0.647. The van der Waals surface area contributed by atoms with Gasteiger partial charge in [0.2, 0.25) is 5.91 Å². The van der Waals surface area contributed by atoms with Gasteiger partial charge in [0.1, 0.15) is 0 Å². The molecule has 18 heavy (non-hydrogen) atoms. The molecule has 1 rings (SSSR count). The maximum Gasteiger partial charge on any atom is 0.308 e. The summed E-state index contributed by atoms with van der Waals surface area (Å²) in [6.45, 7) is 8.95. The molecule has 0 heterocycles. The highest BCUT2D eigenvalue weighted by Gasteiger charge is 2.17. The van der Waals surface area contributed by atoms with Crippen LogP contribution in [0.1, 0.15) is 40.2 Å². The molecule has 0 saturated heterocycles. The lowest BCUT2D eigenvalue weighted by Gasteiger charge is -2.21. The van der Waals surface area contributed by atoms with Crippen molar-refractivity contribution in [3.05, 3.63) is 23.8 Å². The number of anilines is 1. The van der Waals surface area contributed by atoms with E-state index in [1.165, 1.54) is 13.8 Å². The van der Waals surface area contributed by atoms with Crippen molar-refractivity contribution in [3.63, 3.8) is 0 Å². The number of carbonyl (C=O) groups excluding carboxylic acids is 2. The minimum absolute atomic E-state index is 0.0519. The molecule has 4 heteroatoms. The number of hydrogen-bond acceptors (Lipinski definition) is 3. The predicted molar refractivity (Wildman–Crippen MR) is 70.8 cm³/mol. The molecule has 1 aromatic rings. The molecule has 0 saturated carbocycles. The fourth-order valence-corrected chi connectivity index (χ4v) is 1.52. The first-order valence-corrected chi connectivity index (χ1v) is 5.80. The molecule has 0 unspecified atom stereocenters. The Hall–Kier alpha value is -1.84. The summed E-state index contributed by atoms with van der Waals surface area (Å²) in [5.41, 5.74) is 1.49. The van der Waals surface area contributed by atoms with Gasteiger partial charge < -0.3 is 10.1 Å². The highest BCUT2D eigenvalue weighted by Crippen LogP contribution is 2.31. The van der Waals surface area contributed by atoms with E-state index in [2.05, 4.69) is 26.1 Å². The molecule has 0 fully saturated rings. The molecule has 1 N–H and O–H groups in total. The summed E-state index contributed by atoms with van der Waals surface area (Å²) in [4.78, 5) is 22.2. The summed E-state index contributed by atoms with van der Waals surface area (Å²) in [6, 6.07) is 5.45. The van der Waals surface area contributed by atoms with Crippen molar-refractivity contribution >= 4 is 17.6 Å². The third-order valence-electron chi connectivity index (χ3n) is 2.41. The maximum atomic E-state index is 11.1. The monoisotopic (exact) mass is 249 g/mol. The van der Waals surface area contributed by atoms with Gasteiger partial charge in [0.25, 0.3) is 0 Å². The number of esters is 1. The summed E-state index contributed by atoms with van der Waals surface area (Å²) in [6.07, 6.45) is 0. The van der Waals surface area contributed by atoms with Crippen molar-refractivity contribution < 1.29 is 14.3 Å². The Morgan fingerprint density at radius 2 is 1.78 bits per heavy atom. The van der Waals surface area contributed by atoms with Crippen LogP contribution in [0.4, 0.5) is 5.69 Å². The van der Waals surface area contributed by atoms with E-state index >= 15 is 0 Å². The first-order chi connectivity index (χ1) is 8.20. The molecule has 1 aromatic carbocycles. The number of benzene rings is 1. The number of amides is 1. The summed E-state index contributed by atoms with van der Waals surface area (Å²) in [5, 5.41) is 2.64. The van der Waals surface area contributed by atoms with E-state index in [1.807, 2.05) is 6.07 Å². The SMILES string of the molecule is CC(=O)Nc1ccc(C(C)(C)C)cc1OC(C)=O. The van der Waals surface area contributed by atoms with Gasteiger partial charge in [-0.1, -0.05) is 26.8 Å². The second-order valence-corrected chi connectivity index (χ2v) is 5.24. The van der Waals surface area contributed by atoms with Crippen molar-refractivity contribution in [2.24, 2.45) is 0 Å². The van der Waals surface area contributed by atoms with Crippen molar-refractivity contribution in [1.82, 2.24) is 0 Å². The molecular weight excluding hydrogens is 230 g/mol. The largest absolute Gasteiger partial charge is 0.424 e. The van der Waals surface area contributed by atoms with Gasteiger partial charge in [0, 0.05) is 13.8 Å². The van der Waals surface area contributed by atoms with Crippen LogP contribution in [0, 0.1) is 0 Å². The Labute approximate surface area is 107 Å². The van der Waals surface area contributed by atoms with Crippen LogP contribution in [0.5, 0.6) is 5.75 Å². The predicted octanol–water partition coefficient (Wildman–Crippen LogP) is 2.87. The van der Waals surface area contributed by atoms with Crippen molar-refractivity contribution in [2.45, 2.75) is 40.0 Å². The standard InChI is InChI=1S/C14H19NO3/c1-9(16)15-12-7-6-11(14(3,4)5)8-13(12)18-10(2)17/h6-8H,1-5H3,(H,15,16). The molecule has 1 amide bonds. The molecule has 0 aliphatic carbocycles. The smallest absolute Gasteiger partial charge is 0.308 e. The Morgan fingerprint density at radius 1 is 1.17 bits per heavy atom. The van der Waals surface area contributed by atoms with Gasteiger partial charge >= 0.3 is 5.97 Å². The van der Waals surface area contributed by atoms with Crippen LogP contribution >= 0.6 is 0 Å². The highest BCUT2D eigenvalue weighted by atomic mass is 16.5. The van der Waals surface area contributed by atoms with Gasteiger partial charge in [-0.2, -0.15) is 0 Å². The van der Waals surface area contributed by atoms with Crippen LogP contribution in [0.3, 0.4) is 0 Å². The van der Waals surface area contributed by atoms with Crippen LogP contribution in [-0.2, 0) is 15.0 Å². The van der Waals surface area contributed by atoms with Crippen LogP contribution in [0.25, 0.3) is 0 Å². The lowest BCUT2D eigenvalue weighted by Crippen LogP contribution is -2.14. The number of carbonyl (C=O) groups is 2. The zero-order valence-corrected chi connectivity index (χ0v) is 11.5. The molecule has 0 atom stereocenters. The second-order valence-electron chi connectivity index (χ2n) is 5.24. The van der Waals surface area contributed by atoms with Crippen molar-refractivity contribution in [1.29, 1.82) is 0 Å². The Bertz CT molecular complexity index is 472. The van der Waals surface area contributed by atoms with Crippen LogP contribution in [-0.4, -0.2) is 11.9 Å². The van der Waals surface area contributed by atoms with E-state index in [-0.39, 0.29) is 11.3 Å². The van der Waals surface area contributed by atoms with E-state index < -0.39 is 5.97 Å². The normalized spacial score (nSPS) is 10.9. The van der Waals surface area contributed by atoms with Gasteiger partial charge in [0.15, 0.2) is 5.75 Å². The van der Waals surface area contributed by atoms with E-state index in [4.69, 9.17) is 4.74 Å². The van der Waals surface area contributed by atoms with E-state index in [9.17, 15) is 9.59 Å². The average molecular weight is 249 g/mol. The lowest BCUT2D eigenvalue weighted by molar-refractivity contribution is -0.131. The highest BCUT2D eigenvalue weighted by molar-refractivity contribution is 5.91. The molecule has 0 bridgehead atoms. The van der Waals surface area contributed by atoms with Gasteiger partial charge in [-0.3, -0.25) is 9.59 Å². The van der Waals surface area contributed by atoms with Gasteiger partial charge in [-0.25, -0.2) is 0 Å². The third kappa shape index (κ3) is 3.87. The van der Waals surface area contributed by atoms with E-state index in [1.54, 1.807) is 12.1 Å². The molecular formula is C14H19NO3. The number of nitrogens with one attached hydrogen (secondary N) is 1. The Morgan fingerprint density at radius 3 is 2.22 bits per heavy atom. The molecule has 0 aliphatic heterocycles. The van der Waals surface area contributed by atoms with Crippen LogP contribution < -0.4 is 10.1 Å². The van der Waals surface area contributed by atoms with E-state index in [0.717, 1.165) is 5.56 Å². The zero-order valence-electron chi connectivity index (χ0n) is 11.5. The molecule has 98 valence electrons. The first-order valence-electron chi connectivity index (χ1n) is 5.80. The summed E-state index contributed by atoms with van der Waals surface area (Å²) in [7, 11) is 0. The molecule has 0 aliphatic rings. The zero-order chi connectivity index (χ0) is 13.9. The Kier molecular flexibility index (Phi) is 4.11. The second kappa shape index (κ2) is 5.21. The van der Waals surface area contributed by atoms with Gasteiger partial charge in [-0.05, 0) is 23.1 Å². The number of rotatable bonds is 2. The maximum absolute atomic E-state index is 11.1. The molecule has 0 aromatic heterocycles. The van der Waals surface area contributed by atoms with Crippen LogP contribution in [0.2, 0.25) is 0 Å². The number of ether oxygens (including phenoxy) is 1. The first kappa shape index (κ1) is 14.2. The fraction of sp³-hybridized carbons (Fsp3) is 0.429. The fourth-order valence-electron chi connectivity index (χ4n) is 1.52. The molecule has 0 spiro atoms. The summed E-state index contributed by atoms with van der Waals surface area (Å²) in [5.74, 6) is -0.232. The van der Waals surface area contributed by atoms with Crippen molar-refractivity contribution in [3.8, 4) is 5.75 Å². The third-order valence-corrected chi connectivity index (χ3v) is 2.41. The van der Waals surface area contributed by atoms with E-state index in [0.29, 0.717) is 11.4 Å². The lowest BCUT2D eigenvalue weighted by atomic mass is 9.87. The Balaban J connectivity index is 3.20. The molecule has 0 radical (unpaired) electrons. The van der Waals surface area contributed by atoms with Gasteiger partial charge in [0.05, 0.1) is 5.69 Å². The van der Waals surface area contributed by atoms with Crippen molar-refractivity contribution in [2.75, 3.05) is 5.32 Å². The minimum Gasteiger partial charge on any atom is -0.424 e. The average Bonchev–Trinajstić information content (AvgIpc) is 2.17. The minimum atomic E-state index is -0.410. The number of hydrogen-bond donors (Lipinski definition) is 1. The molecule has 4 nitrogen and oxygen atoms in total. The van der Waals surface area contributed by atoms with Crippen LogP contribution in [0.15, 0.2) is 18.2 Å². The summed E-state index contributed by atoms with van der Waals surface area (Å²) < 4.78 is 5.13. The summed E-state index contributed by atoms with van der Waals surface area (Å²) >= 11 is 0.